The molecular formula is C8H12O2. The molecule has 1 aliphatic rings. The summed E-state index contributed by atoms with van der Waals surface area (Å²) in [4.78, 5) is 10.2. The molecule has 1 fully saturated rings. The fourth-order valence-electron chi connectivity index (χ4n) is 1.10. The molecule has 0 amide bonds. The number of ether oxygens (including phenoxy) is 1. The molecule has 0 aromatic carbocycles. The van der Waals surface area contributed by atoms with Crippen molar-refractivity contribution in [2.45, 2.75) is 13.3 Å². The third-order valence-electron chi connectivity index (χ3n) is 1.65. The summed E-state index contributed by atoms with van der Waals surface area (Å²) in [5, 5.41) is 0. The van der Waals surface area contributed by atoms with Crippen molar-refractivity contribution >= 4 is 6.29 Å². The first-order valence-electron chi connectivity index (χ1n) is 3.54. The molecule has 1 rings (SSSR count). The third kappa shape index (κ3) is 1.95. The van der Waals surface area contributed by atoms with E-state index in [-0.39, 0.29) is 0 Å². The number of carbonyl (C=O) groups is 1. The van der Waals surface area contributed by atoms with Crippen molar-refractivity contribution in [1.29, 1.82) is 0 Å². The lowest BCUT2D eigenvalue weighted by Crippen LogP contribution is -1.95. The predicted molar refractivity (Wildman–Crippen MR) is 38.7 cm³/mol. The van der Waals surface area contributed by atoms with Crippen molar-refractivity contribution in [3.8, 4) is 0 Å². The second-order valence-electron chi connectivity index (χ2n) is 2.65. The molecule has 0 saturated carbocycles. The van der Waals surface area contributed by atoms with Crippen LogP contribution in [0.4, 0.5) is 0 Å². The molecule has 0 bridgehead atoms. The van der Waals surface area contributed by atoms with Gasteiger partial charge in [0.05, 0.1) is 6.61 Å². The van der Waals surface area contributed by atoms with Crippen LogP contribution in [0.3, 0.4) is 0 Å². The molecule has 0 N–H and O–H groups in total. The molecule has 10 heavy (non-hydrogen) atoms. The van der Waals surface area contributed by atoms with Crippen LogP contribution in [0.2, 0.25) is 0 Å². The summed E-state index contributed by atoms with van der Waals surface area (Å²) in [7, 11) is 0. The largest absolute Gasteiger partial charge is 0.381 e. The molecule has 0 spiro atoms. The minimum absolute atomic E-state index is 0.477. The van der Waals surface area contributed by atoms with Gasteiger partial charge in [-0.3, -0.25) is 4.79 Å². The highest BCUT2D eigenvalue weighted by Gasteiger charge is 2.12. The first-order valence-corrected chi connectivity index (χ1v) is 3.54. The average molecular weight is 140 g/mol. The summed E-state index contributed by atoms with van der Waals surface area (Å²) in [6.45, 7) is 3.45. The van der Waals surface area contributed by atoms with Crippen molar-refractivity contribution in [2.24, 2.45) is 5.92 Å². The first kappa shape index (κ1) is 7.48. The van der Waals surface area contributed by atoms with E-state index < -0.39 is 0 Å². The fourth-order valence-corrected chi connectivity index (χ4v) is 1.10. The molecule has 0 aromatic rings. The van der Waals surface area contributed by atoms with Gasteiger partial charge in [0.1, 0.15) is 6.29 Å². The number of carbonyl (C=O) groups excluding carboxylic acids is 1. The Hall–Kier alpha value is -0.630. The van der Waals surface area contributed by atoms with Crippen molar-refractivity contribution in [3.05, 3.63) is 11.6 Å². The summed E-state index contributed by atoms with van der Waals surface area (Å²) in [6.07, 6.45) is 3.93. The van der Waals surface area contributed by atoms with Crippen LogP contribution in [0.1, 0.15) is 13.3 Å². The smallest absolute Gasteiger partial charge is 0.145 e. The van der Waals surface area contributed by atoms with Crippen molar-refractivity contribution in [3.63, 3.8) is 0 Å². The summed E-state index contributed by atoms with van der Waals surface area (Å²) in [5.74, 6) is 0.477. The zero-order chi connectivity index (χ0) is 7.40. The third-order valence-corrected chi connectivity index (χ3v) is 1.65. The van der Waals surface area contributed by atoms with Crippen LogP contribution in [0.15, 0.2) is 11.6 Å². The Labute approximate surface area is 60.9 Å². The number of allylic oxidation sites excluding steroid dienone is 1. The lowest BCUT2D eigenvalue weighted by Gasteiger charge is -1.97. The minimum Gasteiger partial charge on any atom is -0.381 e. The van der Waals surface area contributed by atoms with Crippen LogP contribution in [0, 0.1) is 5.92 Å². The molecule has 1 unspecified atom stereocenters. The average Bonchev–Trinajstić information content (AvgIpc) is 2.40. The van der Waals surface area contributed by atoms with E-state index in [1.165, 1.54) is 0 Å². The molecule has 1 heterocycles. The Balaban J connectivity index is 2.42. The van der Waals surface area contributed by atoms with Gasteiger partial charge in [-0.05, 0) is 18.9 Å². The van der Waals surface area contributed by atoms with Crippen LogP contribution in [-0.2, 0) is 9.53 Å². The molecule has 2 heteroatoms. The second-order valence-corrected chi connectivity index (χ2v) is 2.65. The van der Waals surface area contributed by atoms with Gasteiger partial charge in [-0.2, -0.15) is 0 Å². The van der Waals surface area contributed by atoms with Crippen LogP contribution in [0.5, 0.6) is 0 Å². The molecule has 0 radical (unpaired) electrons. The van der Waals surface area contributed by atoms with Gasteiger partial charge in [0.15, 0.2) is 0 Å². The van der Waals surface area contributed by atoms with Gasteiger partial charge in [0, 0.05) is 12.5 Å². The molecule has 1 atom stereocenters. The van der Waals surface area contributed by atoms with Crippen LogP contribution in [0.25, 0.3) is 0 Å². The Morgan fingerprint density at radius 3 is 3.00 bits per heavy atom. The van der Waals surface area contributed by atoms with Crippen molar-refractivity contribution in [1.82, 2.24) is 0 Å². The van der Waals surface area contributed by atoms with E-state index in [0.717, 1.165) is 31.5 Å². The predicted octanol–water partition coefficient (Wildman–Crippen LogP) is 1.17. The molecule has 56 valence electrons. The Bertz CT molecular complexity index is 143. The Morgan fingerprint density at radius 1 is 1.70 bits per heavy atom. The maximum absolute atomic E-state index is 10.2. The van der Waals surface area contributed by atoms with Crippen LogP contribution in [-0.4, -0.2) is 19.5 Å². The number of aldehydes is 1. The normalized spacial score (nSPS) is 26.9. The zero-order valence-electron chi connectivity index (χ0n) is 6.17. The highest BCUT2D eigenvalue weighted by atomic mass is 16.5. The first-order chi connectivity index (χ1) is 4.83. The topological polar surface area (TPSA) is 26.3 Å². The summed E-state index contributed by atoms with van der Waals surface area (Å²) in [6, 6.07) is 0. The fraction of sp³-hybridized carbons (Fsp3) is 0.625. The summed E-state index contributed by atoms with van der Waals surface area (Å²) >= 11 is 0. The van der Waals surface area contributed by atoms with E-state index >= 15 is 0 Å². The maximum atomic E-state index is 10.2. The standard InChI is InChI=1S/C8H12O2/c1-7(5-9)4-8-2-3-10-6-8/h4-5,8H,2-3,6H2,1H3. The lowest BCUT2D eigenvalue weighted by atomic mass is 10.1. The van der Waals surface area contributed by atoms with E-state index in [2.05, 4.69) is 0 Å². The van der Waals surface area contributed by atoms with E-state index in [1.54, 1.807) is 0 Å². The van der Waals surface area contributed by atoms with Gasteiger partial charge in [-0.1, -0.05) is 6.08 Å². The molecule has 1 aliphatic heterocycles. The molecule has 1 saturated heterocycles. The van der Waals surface area contributed by atoms with Gasteiger partial charge >= 0.3 is 0 Å². The lowest BCUT2D eigenvalue weighted by molar-refractivity contribution is -0.104. The highest BCUT2D eigenvalue weighted by Crippen LogP contribution is 2.14. The Morgan fingerprint density at radius 2 is 2.50 bits per heavy atom. The SMILES string of the molecule is CC(C=O)=CC1CCOC1. The van der Waals surface area contributed by atoms with E-state index in [9.17, 15) is 4.79 Å². The van der Waals surface area contributed by atoms with Gasteiger partial charge in [0.25, 0.3) is 0 Å². The number of hydrogen-bond acceptors (Lipinski definition) is 2. The summed E-state index contributed by atoms with van der Waals surface area (Å²) < 4.78 is 5.14. The number of rotatable bonds is 2. The quantitative estimate of drug-likeness (QED) is 0.425. The van der Waals surface area contributed by atoms with Crippen molar-refractivity contribution < 1.29 is 9.53 Å². The van der Waals surface area contributed by atoms with Gasteiger partial charge in [-0.25, -0.2) is 0 Å². The van der Waals surface area contributed by atoms with E-state index in [0.29, 0.717) is 5.92 Å². The van der Waals surface area contributed by atoms with Gasteiger partial charge in [-0.15, -0.1) is 0 Å². The highest BCUT2D eigenvalue weighted by molar-refractivity contribution is 5.72. The second kappa shape index (κ2) is 3.52. The van der Waals surface area contributed by atoms with Crippen LogP contribution < -0.4 is 0 Å². The number of hydrogen-bond donors (Lipinski definition) is 0. The van der Waals surface area contributed by atoms with E-state index in [1.807, 2.05) is 13.0 Å². The summed E-state index contributed by atoms with van der Waals surface area (Å²) in [5.41, 5.74) is 0.815. The molecule has 2 nitrogen and oxygen atoms in total. The van der Waals surface area contributed by atoms with Crippen molar-refractivity contribution in [2.75, 3.05) is 13.2 Å². The van der Waals surface area contributed by atoms with E-state index in [4.69, 9.17) is 4.74 Å². The van der Waals surface area contributed by atoms with Crippen LogP contribution >= 0.6 is 0 Å². The minimum atomic E-state index is 0.477. The van der Waals surface area contributed by atoms with Gasteiger partial charge < -0.3 is 4.74 Å². The Kier molecular flexibility index (Phi) is 2.63. The molecule has 0 aromatic heterocycles. The monoisotopic (exact) mass is 140 g/mol. The van der Waals surface area contributed by atoms with Gasteiger partial charge in [0.2, 0.25) is 0 Å². The maximum Gasteiger partial charge on any atom is 0.145 e. The molecular weight excluding hydrogens is 128 g/mol. The zero-order valence-corrected chi connectivity index (χ0v) is 6.17. The molecule has 0 aliphatic carbocycles.